The topological polar surface area (TPSA) is 77.0 Å². The van der Waals surface area contributed by atoms with Crippen LogP contribution in [0.15, 0.2) is 41.4 Å². The van der Waals surface area contributed by atoms with Crippen molar-refractivity contribution in [1.29, 1.82) is 0 Å². The van der Waals surface area contributed by atoms with Gasteiger partial charge in [0, 0.05) is 11.9 Å². The Kier molecular flexibility index (Phi) is 5.44. The van der Waals surface area contributed by atoms with Gasteiger partial charge in [-0.05, 0) is 38.1 Å². The summed E-state index contributed by atoms with van der Waals surface area (Å²) in [5.41, 5.74) is -1.31. The van der Waals surface area contributed by atoms with Crippen molar-refractivity contribution in [3.63, 3.8) is 0 Å². The maximum absolute atomic E-state index is 12.7. The monoisotopic (exact) mass is 406 g/mol. The molecule has 2 rings (SSSR count). The van der Waals surface area contributed by atoms with Crippen LogP contribution in [0.3, 0.4) is 0 Å². The van der Waals surface area contributed by atoms with Gasteiger partial charge < -0.3 is 0 Å². The van der Waals surface area contributed by atoms with Crippen molar-refractivity contribution in [1.82, 2.24) is 9.97 Å². The van der Waals surface area contributed by atoms with Crippen molar-refractivity contribution in [2.45, 2.75) is 36.1 Å². The van der Waals surface area contributed by atoms with E-state index in [1.54, 1.807) is 0 Å². The van der Waals surface area contributed by atoms with Gasteiger partial charge in [0.1, 0.15) is 15.6 Å². The molecule has 0 saturated carbocycles. The van der Waals surface area contributed by atoms with Crippen LogP contribution in [0, 0.1) is 0 Å². The standard InChI is InChI=1S/C16H14ClF3N2O3S/c1-15(2,26(24,25)11-6-7-14(17)21-9-11)13(23)8-10-4-3-5-12(22-10)16(18,19)20/h3-7,9H,8H2,1-2H3. The second kappa shape index (κ2) is 6.96. The van der Waals surface area contributed by atoms with Gasteiger partial charge in [-0.25, -0.2) is 18.4 Å². The predicted octanol–water partition coefficient (Wildman–Crippen LogP) is 3.51. The van der Waals surface area contributed by atoms with Crippen LogP contribution in [0.4, 0.5) is 13.2 Å². The number of hydrogen-bond donors (Lipinski definition) is 0. The fourth-order valence-corrected chi connectivity index (χ4v) is 3.59. The number of aromatic nitrogens is 2. The van der Waals surface area contributed by atoms with E-state index >= 15 is 0 Å². The summed E-state index contributed by atoms with van der Waals surface area (Å²) in [6.45, 7) is 2.37. The molecule has 2 aromatic heterocycles. The Hall–Kier alpha value is -2.00. The maximum atomic E-state index is 12.7. The van der Waals surface area contributed by atoms with Crippen molar-refractivity contribution >= 4 is 27.2 Å². The lowest BCUT2D eigenvalue weighted by Gasteiger charge is -2.23. The second-order valence-electron chi connectivity index (χ2n) is 5.94. The molecule has 26 heavy (non-hydrogen) atoms. The Morgan fingerprint density at radius 2 is 1.81 bits per heavy atom. The highest BCUT2D eigenvalue weighted by atomic mass is 35.5. The van der Waals surface area contributed by atoms with E-state index in [0.29, 0.717) is 0 Å². The van der Waals surface area contributed by atoms with Gasteiger partial charge in [0.15, 0.2) is 15.6 Å². The van der Waals surface area contributed by atoms with Crippen LogP contribution in [-0.2, 0) is 27.2 Å². The smallest absolute Gasteiger partial charge is 0.298 e. The summed E-state index contributed by atoms with van der Waals surface area (Å²) in [5.74, 6) is -0.792. The molecule has 0 aliphatic rings. The molecule has 0 aliphatic heterocycles. The lowest BCUT2D eigenvalue weighted by atomic mass is 10.0. The Labute approximate surface area is 153 Å². The number of hydrogen-bond acceptors (Lipinski definition) is 5. The van der Waals surface area contributed by atoms with Gasteiger partial charge >= 0.3 is 6.18 Å². The molecule has 2 heterocycles. The van der Waals surface area contributed by atoms with Gasteiger partial charge in [-0.15, -0.1) is 0 Å². The van der Waals surface area contributed by atoms with E-state index in [1.807, 2.05) is 0 Å². The number of halogens is 4. The molecule has 0 spiro atoms. The van der Waals surface area contributed by atoms with Crippen molar-refractivity contribution in [2.24, 2.45) is 0 Å². The van der Waals surface area contributed by atoms with Crippen LogP contribution < -0.4 is 0 Å². The van der Waals surface area contributed by atoms with Crippen molar-refractivity contribution in [2.75, 3.05) is 0 Å². The van der Waals surface area contributed by atoms with E-state index in [9.17, 15) is 26.4 Å². The minimum absolute atomic E-state index is 0.0845. The molecule has 5 nitrogen and oxygen atoms in total. The molecule has 0 radical (unpaired) electrons. The highest BCUT2D eigenvalue weighted by Gasteiger charge is 2.42. The fraction of sp³-hybridized carbons (Fsp3) is 0.312. The zero-order valence-electron chi connectivity index (χ0n) is 13.7. The first-order valence-electron chi connectivity index (χ1n) is 7.28. The Balaban J connectivity index is 2.32. The number of sulfone groups is 1. The average Bonchev–Trinajstić information content (AvgIpc) is 2.54. The van der Waals surface area contributed by atoms with Crippen LogP contribution in [0.2, 0.25) is 5.15 Å². The quantitative estimate of drug-likeness (QED) is 0.710. The summed E-state index contributed by atoms with van der Waals surface area (Å²) < 4.78 is 61.7. The molecular weight excluding hydrogens is 393 g/mol. The predicted molar refractivity (Wildman–Crippen MR) is 88.5 cm³/mol. The lowest BCUT2D eigenvalue weighted by Crippen LogP contribution is -2.41. The third-order valence-corrected chi connectivity index (χ3v) is 6.45. The summed E-state index contributed by atoms with van der Waals surface area (Å²) in [6.07, 6.45) is -4.19. The van der Waals surface area contributed by atoms with Gasteiger partial charge in [-0.2, -0.15) is 13.2 Å². The number of carbonyl (C=O) groups is 1. The number of pyridine rings is 2. The molecular formula is C16H14ClF3N2O3S. The zero-order chi connectivity index (χ0) is 19.8. The third kappa shape index (κ3) is 4.04. The van der Waals surface area contributed by atoms with Crippen molar-refractivity contribution < 1.29 is 26.4 Å². The van der Waals surface area contributed by atoms with E-state index < -0.39 is 38.7 Å². The van der Waals surface area contributed by atoms with E-state index in [4.69, 9.17) is 11.6 Å². The van der Waals surface area contributed by atoms with Gasteiger partial charge in [0.25, 0.3) is 0 Å². The van der Waals surface area contributed by atoms with Crippen LogP contribution in [0.5, 0.6) is 0 Å². The molecule has 2 aromatic rings. The van der Waals surface area contributed by atoms with Crippen molar-refractivity contribution in [3.05, 3.63) is 53.1 Å². The van der Waals surface area contributed by atoms with Gasteiger partial charge in [-0.3, -0.25) is 4.79 Å². The number of carbonyl (C=O) groups excluding carboxylic acids is 1. The zero-order valence-corrected chi connectivity index (χ0v) is 15.3. The number of rotatable bonds is 5. The molecule has 0 aromatic carbocycles. The summed E-state index contributed by atoms with van der Waals surface area (Å²) in [5, 5.41) is 0.0845. The normalized spacial score (nSPS) is 12.8. The number of nitrogens with zero attached hydrogens (tertiary/aromatic N) is 2. The number of Topliss-reactive ketones (excluding diaryl/α,β-unsaturated/α-hetero) is 1. The fourth-order valence-electron chi connectivity index (χ4n) is 2.08. The van der Waals surface area contributed by atoms with Crippen LogP contribution in [0.1, 0.15) is 25.2 Å². The summed E-state index contributed by atoms with van der Waals surface area (Å²) in [6, 6.07) is 5.60. The summed E-state index contributed by atoms with van der Waals surface area (Å²) in [7, 11) is -4.13. The Morgan fingerprint density at radius 3 is 2.35 bits per heavy atom. The Bertz CT molecular complexity index is 927. The van der Waals surface area contributed by atoms with Crippen LogP contribution in [0.25, 0.3) is 0 Å². The number of ketones is 1. The highest BCUT2D eigenvalue weighted by Crippen LogP contribution is 2.29. The molecule has 10 heteroatoms. The summed E-state index contributed by atoms with van der Waals surface area (Å²) in [4.78, 5) is 19.4. The first-order chi connectivity index (χ1) is 11.9. The minimum Gasteiger partial charge on any atom is -0.298 e. The van der Waals surface area contributed by atoms with Crippen LogP contribution >= 0.6 is 11.6 Å². The lowest BCUT2D eigenvalue weighted by molar-refractivity contribution is -0.141. The van der Waals surface area contributed by atoms with Gasteiger partial charge in [0.05, 0.1) is 11.3 Å². The Morgan fingerprint density at radius 1 is 1.15 bits per heavy atom. The molecule has 0 unspecified atom stereocenters. The first kappa shape index (κ1) is 20.3. The largest absolute Gasteiger partial charge is 0.433 e. The number of alkyl halides is 3. The van der Waals surface area contributed by atoms with E-state index in [0.717, 1.165) is 18.3 Å². The van der Waals surface area contributed by atoms with Gasteiger partial charge in [-0.1, -0.05) is 17.7 Å². The molecule has 0 fully saturated rings. The van der Waals surface area contributed by atoms with E-state index in [1.165, 1.54) is 32.0 Å². The SMILES string of the molecule is CC(C)(C(=O)Cc1cccc(C(F)(F)F)n1)S(=O)(=O)c1ccc(Cl)nc1. The molecule has 0 bridgehead atoms. The molecule has 0 amide bonds. The van der Waals surface area contributed by atoms with E-state index in [2.05, 4.69) is 9.97 Å². The van der Waals surface area contributed by atoms with E-state index in [-0.39, 0.29) is 15.7 Å². The summed E-state index contributed by atoms with van der Waals surface area (Å²) >= 11 is 5.62. The molecule has 0 N–H and O–H groups in total. The van der Waals surface area contributed by atoms with Crippen molar-refractivity contribution in [3.8, 4) is 0 Å². The maximum Gasteiger partial charge on any atom is 0.433 e. The van der Waals surface area contributed by atoms with Crippen LogP contribution in [-0.4, -0.2) is 28.9 Å². The average molecular weight is 407 g/mol. The third-order valence-electron chi connectivity index (χ3n) is 3.79. The molecule has 0 atom stereocenters. The van der Waals surface area contributed by atoms with Gasteiger partial charge in [0.2, 0.25) is 0 Å². The minimum atomic E-state index is -4.66. The molecule has 0 saturated heterocycles. The first-order valence-corrected chi connectivity index (χ1v) is 9.14. The molecule has 0 aliphatic carbocycles. The second-order valence-corrected chi connectivity index (χ2v) is 8.83. The highest BCUT2D eigenvalue weighted by molar-refractivity contribution is 7.93. The molecule has 140 valence electrons.